The average molecular weight is 374 g/mol. The van der Waals surface area contributed by atoms with Crippen molar-refractivity contribution in [2.45, 2.75) is 22.8 Å². The van der Waals surface area contributed by atoms with Gasteiger partial charge in [0.2, 0.25) is 0 Å². The Morgan fingerprint density at radius 3 is 3.00 bits per heavy atom. The lowest BCUT2D eigenvalue weighted by Gasteiger charge is -2.07. The van der Waals surface area contributed by atoms with E-state index in [9.17, 15) is 5.26 Å². The van der Waals surface area contributed by atoms with E-state index in [1.54, 1.807) is 6.08 Å². The molecular weight excluding hydrogens is 362 g/mol. The topological polar surface area (TPSA) is 67.4 Å². The number of hydrogen-bond acceptors (Lipinski definition) is 6. The number of aromatic nitrogens is 4. The lowest BCUT2D eigenvalue weighted by atomic mass is 10.1. The largest absolute Gasteiger partial charge is 0.298 e. The minimum Gasteiger partial charge on any atom is -0.298 e. The van der Waals surface area contributed by atoms with Gasteiger partial charge in [-0.05, 0) is 36.3 Å². The van der Waals surface area contributed by atoms with Gasteiger partial charge < -0.3 is 0 Å². The Morgan fingerprint density at radius 2 is 2.29 bits per heavy atom. The molecule has 0 saturated heterocycles. The van der Waals surface area contributed by atoms with Crippen molar-refractivity contribution in [2.24, 2.45) is 0 Å². The SMILES string of the molecule is C=CCn1c(Sc2snc(Cl)c2C#N)nnc1-c1cccc(C)c1. The molecule has 120 valence electrons. The first-order valence-electron chi connectivity index (χ1n) is 6.98. The second-order valence-electron chi connectivity index (χ2n) is 4.92. The molecule has 0 unspecified atom stereocenters. The fourth-order valence-corrected chi connectivity index (χ4v) is 4.24. The molecule has 0 bridgehead atoms. The van der Waals surface area contributed by atoms with Gasteiger partial charge in [-0.3, -0.25) is 4.57 Å². The molecule has 0 aliphatic rings. The number of halogens is 1. The van der Waals surface area contributed by atoms with Crippen molar-refractivity contribution in [1.82, 2.24) is 19.1 Å². The molecule has 0 aliphatic heterocycles. The second kappa shape index (κ2) is 7.18. The number of benzene rings is 1. The molecule has 1 aromatic carbocycles. The molecule has 8 heteroatoms. The van der Waals surface area contributed by atoms with E-state index in [1.165, 1.54) is 23.3 Å². The molecule has 0 spiro atoms. The maximum absolute atomic E-state index is 9.21. The first-order chi connectivity index (χ1) is 11.6. The predicted molar refractivity (Wildman–Crippen MR) is 96.4 cm³/mol. The highest BCUT2D eigenvalue weighted by Crippen LogP contribution is 2.37. The fraction of sp³-hybridized carbons (Fsp3) is 0.125. The third-order valence-corrected chi connectivity index (χ3v) is 5.58. The minimum absolute atomic E-state index is 0.221. The number of allylic oxidation sites excluding steroid dienone is 1. The van der Waals surface area contributed by atoms with Crippen LogP contribution in [-0.2, 0) is 6.54 Å². The van der Waals surface area contributed by atoms with Crippen LogP contribution in [0.25, 0.3) is 11.4 Å². The summed E-state index contributed by atoms with van der Waals surface area (Å²) in [6.07, 6.45) is 1.79. The van der Waals surface area contributed by atoms with Crippen LogP contribution in [0, 0.1) is 18.3 Å². The van der Waals surface area contributed by atoms with E-state index >= 15 is 0 Å². The summed E-state index contributed by atoms with van der Waals surface area (Å²) in [6, 6.07) is 10.2. The third-order valence-electron chi connectivity index (χ3n) is 3.22. The van der Waals surface area contributed by atoms with Crippen molar-refractivity contribution in [3.05, 3.63) is 53.2 Å². The van der Waals surface area contributed by atoms with Crippen LogP contribution in [0.2, 0.25) is 5.15 Å². The lowest BCUT2D eigenvalue weighted by molar-refractivity contribution is 0.731. The van der Waals surface area contributed by atoms with Crippen LogP contribution in [0.4, 0.5) is 0 Å². The fourth-order valence-electron chi connectivity index (χ4n) is 2.16. The molecule has 2 heterocycles. The van der Waals surface area contributed by atoms with E-state index in [0.29, 0.717) is 21.5 Å². The highest BCUT2D eigenvalue weighted by atomic mass is 35.5. The molecule has 3 aromatic rings. The van der Waals surface area contributed by atoms with Crippen LogP contribution in [0.15, 0.2) is 46.3 Å². The van der Waals surface area contributed by atoms with E-state index in [2.05, 4.69) is 33.3 Å². The average Bonchev–Trinajstić information content (AvgIpc) is 3.12. The molecule has 3 rings (SSSR count). The standard InChI is InChI=1S/C16H12ClN5S2/c1-3-7-22-14(11-6-4-5-10(2)8-11)19-20-16(22)23-15-12(9-18)13(17)21-24-15/h3-6,8H,1,7H2,2H3. The molecule has 0 aliphatic carbocycles. The van der Waals surface area contributed by atoms with Gasteiger partial charge in [0.05, 0.1) is 0 Å². The van der Waals surface area contributed by atoms with Gasteiger partial charge >= 0.3 is 0 Å². The Balaban J connectivity index is 2.03. The molecular formula is C16H12ClN5S2. The Labute approximate surface area is 152 Å². The molecule has 2 aromatic heterocycles. The van der Waals surface area contributed by atoms with E-state index in [-0.39, 0.29) is 5.15 Å². The number of hydrogen-bond donors (Lipinski definition) is 0. The number of rotatable bonds is 5. The van der Waals surface area contributed by atoms with Crippen LogP contribution in [0.5, 0.6) is 0 Å². The second-order valence-corrected chi connectivity index (χ2v) is 7.29. The summed E-state index contributed by atoms with van der Waals surface area (Å²) >= 11 is 8.45. The lowest BCUT2D eigenvalue weighted by Crippen LogP contribution is -2.00. The molecule has 0 radical (unpaired) electrons. The Morgan fingerprint density at radius 1 is 1.46 bits per heavy atom. The molecule has 0 saturated carbocycles. The normalized spacial score (nSPS) is 10.5. The van der Waals surface area contributed by atoms with Crippen molar-refractivity contribution < 1.29 is 0 Å². The summed E-state index contributed by atoms with van der Waals surface area (Å²) in [5, 5.41) is 18.7. The maximum Gasteiger partial charge on any atom is 0.197 e. The molecule has 0 N–H and O–H groups in total. The van der Waals surface area contributed by atoms with Gasteiger partial charge in [-0.1, -0.05) is 41.4 Å². The highest BCUT2D eigenvalue weighted by molar-refractivity contribution is 8.01. The van der Waals surface area contributed by atoms with E-state index < -0.39 is 0 Å². The van der Waals surface area contributed by atoms with Gasteiger partial charge in [0.1, 0.15) is 15.8 Å². The maximum atomic E-state index is 9.21. The van der Waals surface area contributed by atoms with E-state index in [0.717, 1.165) is 17.0 Å². The summed E-state index contributed by atoms with van der Waals surface area (Å²) in [5.41, 5.74) is 2.51. The monoisotopic (exact) mass is 373 g/mol. The smallest absolute Gasteiger partial charge is 0.197 e. The van der Waals surface area contributed by atoms with Gasteiger partial charge in [-0.2, -0.15) is 9.64 Å². The minimum atomic E-state index is 0.221. The zero-order chi connectivity index (χ0) is 17.1. The molecule has 0 fully saturated rings. The summed E-state index contributed by atoms with van der Waals surface area (Å²) < 4.78 is 6.69. The van der Waals surface area contributed by atoms with Gasteiger partial charge in [0.15, 0.2) is 16.1 Å². The zero-order valence-electron chi connectivity index (χ0n) is 12.7. The number of nitriles is 1. The van der Waals surface area contributed by atoms with E-state index in [1.807, 2.05) is 29.7 Å². The Bertz CT molecular complexity index is 938. The van der Waals surface area contributed by atoms with Crippen molar-refractivity contribution in [1.29, 1.82) is 5.26 Å². The van der Waals surface area contributed by atoms with Crippen molar-refractivity contribution in [3.8, 4) is 17.5 Å². The van der Waals surface area contributed by atoms with Crippen molar-refractivity contribution in [3.63, 3.8) is 0 Å². The molecule has 0 atom stereocenters. The van der Waals surface area contributed by atoms with Crippen LogP contribution in [0.3, 0.4) is 0 Å². The van der Waals surface area contributed by atoms with Gasteiger partial charge in [-0.25, -0.2) is 0 Å². The Kier molecular flexibility index (Phi) is 5.00. The van der Waals surface area contributed by atoms with Gasteiger partial charge in [-0.15, -0.1) is 16.8 Å². The third kappa shape index (κ3) is 3.22. The molecule has 24 heavy (non-hydrogen) atoms. The number of aryl methyl sites for hydroxylation is 1. The summed E-state index contributed by atoms with van der Waals surface area (Å²) in [6.45, 7) is 6.40. The first kappa shape index (κ1) is 16.7. The van der Waals surface area contributed by atoms with E-state index in [4.69, 9.17) is 11.6 Å². The zero-order valence-corrected chi connectivity index (χ0v) is 15.1. The molecule has 0 amide bonds. The first-order valence-corrected chi connectivity index (χ1v) is 8.95. The van der Waals surface area contributed by atoms with Crippen molar-refractivity contribution in [2.75, 3.05) is 0 Å². The highest BCUT2D eigenvalue weighted by Gasteiger charge is 2.19. The summed E-state index contributed by atoms with van der Waals surface area (Å²) in [7, 11) is 0. The van der Waals surface area contributed by atoms with Crippen LogP contribution in [0.1, 0.15) is 11.1 Å². The summed E-state index contributed by atoms with van der Waals surface area (Å²) in [4.78, 5) is 0. The van der Waals surface area contributed by atoms with Crippen molar-refractivity contribution >= 4 is 34.9 Å². The van der Waals surface area contributed by atoms with Crippen LogP contribution >= 0.6 is 34.9 Å². The molecule has 5 nitrogen and oxygen atoms in total. The summed E-state index contributed by atoms with van der Waals surface area (Å²) in [5.74, 6) is 0.759. The Hall–Kier alpha value is -2.14. The van der Waals surface area contributed by atoms with Gasteiger partial charge in [0.25, 0.3) is 0 Å². The van der Waals surface area contributed by atoms with Crippen LogP contribution in [-0.4, -0.2) is 19.1 Å². The van der Waals surface area contributed by atoms with Gasteiger partial charge in [0, 0.05) is 12.1 Å². The quantitative estimate of drug-likeness (QED) is 0.612. The van der Waals surface area contributed by atoms with Crippen LogP contribution < -0.4 is 0 Å². The predicted octanol–water partition coefficient (Wildman–Crippen LogP) is 4.57. The number of nitrogens with zero attached hydrogens (tertiary/aromatic N) is 5.